The van der Waals surface area contributed by atoms with Crippen LogP contribution in [0.15, 0.2) is 71.4 Å². The number of benzene rings is 2. The van der Waals surface area contributed by atoms with Crippen molar-refractivity contribution in [2.45, 2.75) is 13.0 Å². The van der Waals surface area contributed by atoms with Gasteiger partial charge in [-0.15, -0.1) is 0 Å². The van der Waals surface area contributed by atoms with E-state index in [-0.39, 0.29) is 11.9 Å². The predicted octanol–water partition coefficient (Wildman–Crippen LogP) is 4.32. The Morgan fingerprint density at radius 3 is 2.68 bits per heavy atom. The van der Waals surface area contributed by atoms with Gasteiger partial charge in [-0.05, 0) is 47.5 Å². The van der Waals surface area contributed by atoms with E-state index in [1.807, 2.05) is 25.1 Å². The fourth-order valence-corrected chi connectivity index (χ4v) is 2.37. The fourth-order valence-electron chi connectivity index (χ4n) is 2.37. The first-order chi connectivity index (χ1) is 10.7. The molecule has 0 aliphatic rings. The van der Waals surface area contributed by atoms with Crippen molar-refractivity contribution in [3.05, 3.63) is 78.3 Å². The highest BCUT2D eigenvalue weighted by Crippen LogP contribution is 2.20. The lowest BCUT2D eigenvalue weighted by Crippen LogP contribution is -2.24. The SMILES string of the molecule is CC(NC(=O)/C=C/c1ccco1)c1ccc2ccccc2c1. The summed E-state index contributed by atoms with van der Waals surface area (Å²) in [5.74, 6) is 0.519. The number of fused-ring (bicyclic) bond motifs is 1. The minimum absolute atomic E-state index is 0.0571. The fraction of sp³-hybridized carbons (Fsp3) is 0.105. The Balaban J connectivity index is 1.69. The van der Waals surface area contributed by atoms with Crippen LogP contribution in [0.1, 0.15) is 24.3 Å². The van der Waals surface area contributed by atoms with E-state index in [4.69, 9.17) is 4.42 Å². The molecular weight excluding hydrogens is 274 g/mol. The average Bonchev–Trinajstić information content (AvgIpc) is 3.06. The van der Waals surface area contributed by atoms with Gasteiger partial charge in [-0.1, -0.05) is 36.4 Å². The van der Waals surface area contributed by atoms with Gasteiger partial charge >= 0.3 is 0 Å². The molecule has 0 radical (unpaired) electrons. The number of rotatable bonds is 4. The lowest BCUT2D eigenvalue weighted by molar-refractivity contribution is -0.117. The van der Waals surface area contributed by atoms with Gasteiger partial charge in [-0.2, -0.15) is 0 Å². The van der Waals surface area contributed by atoms with Gasteiger partial charge in [0.2, 0.25) is 5.91 Å². The Bertz CT molecular complexity index is 803. The number of furan rings is 1. The minimum Gasteiger partial charge on any atom is -0.465 e. The van der Waals surface area contributed by atoms with Gasteiger partial charge < -0.3 is 9.73 Å². The molecule has 1 atom stereocenters. The second kappa shape index (κ2) is 6.31. The molecule has 1 N–H and O–H groups in total. The van der Waals surface area contributed by atoms with Crippen molar-refractivity contribution >= 4 is 22.8 Å². The topological polar surface area (TPSA) is 42.2 Å². The molecule has 1 amide bonds. The molecule has 0 fully saturated rings. The third-order valence-electron chi connectivity index (χ3n) is 3.57. The summed E-state index contributed by atoms with van der Waals surface area (Å²) in [6, 6.07) is 17.9. The van der Waals surface area contributed by atoms with E-state index in [0.717, 1.165) is 5.56 Å². The summed E-state index contributed by atoms with van der Waals surface area (Å²) in [5, 5.41) is 5.33. The summed E-state index contributed by atoms with van der Waals surface area (Å²) in [5.41, 5.74) is 1.08. The van der Waals surface area contributed by atoms with Gasteiger partial charge in [-0.25, -0.2) is 0 Å². The first-order valence-electron chi connectivity index (χ1n) is 7.23. The van der Waals surface area contributed by atoms with Crippen molar-refractivity contribution in [3.63, 3.8) is 0 Å². The second-order valence-corrected chi connectivity index (χ2v) is 5.19. The molecule has 1 unspecified atom stereocenters. The molecule has 0 aliphatic heterocycles. The smallest absolute Gasteiger partial charge is 0.244 e. The highest BCUT2D eigenvalue weighted by atomic mass is 16.3. The van der Waals surface area contributed by atoms with Gasteiger partial charge in [0.25, 0.3) is 0 Å². The molecular formula is C19H17NO2. The first kappa shape index (κ1) is 14.1. The lowest BCUT2D eigenvalue weighted by atomic mass is 10.0. The molecule has 0 aliphatic carbocycles. The molecule has 3 nitrogen and oxygen atoms in total. The van der Waals surface area contributed by atoms with Crippen LogP contribution in [0.2, 0.25) is 0 Å². The van der Waals surface area contributed by atoms with Crippen molar-refractivity contribution in [2.24, 2.45) is 0 Å². The maximum Gasteiger partial charge on any atom is 0.244 e. The van der Waals surface area contributed by atoms with Gasteiger partial charge in [0.05, 0.1) is 12.3 Å². The van der Waals surface area contributed by atoms with E-state index in [1.165, 1.54) is 16.8 Å². The molecule has 1 aromatic heterocycles. The number of hydrogen-bond donors (Lipinski definition) is 1. The quantitative estimate of drug-likeness (QED) is 0.727. The molecule has 3 heteroatoms. The van der Waals surface area contributed by atoms with E-state index in [1.54, 1.807) is 24.5 Å². The van der Waals surface area contributed by atoms with Crippen LogP contribution in [0.25, 0.3) is 16.8 Å². The van der Waals surface area contributed by atoms with Crippen molar-refractivity contribution in [1.29, 1.82) is 0 Å². The zero-order chi connectivity index (χ0) is 15.4. The first-order valence-corrected chi connectivity index (χ1v) is 7.23. The third kappa shape index (κ3) is 3.26. The Kier molecular flexibility index (Phi) is 4.05. The zero-order valence-corrected chi connectivity index (χ0v) is 12.3. The summed E-state index contributed by atoms with van der Waals surface area (Å²) in [6.07, 6.45) is 4.72. The molecule has 2 aromatic carbocycles. The molecule has 0 spiro atoms. The van der Waals surface area contributed by atoms with Crippen molar-refractivity contribution in [2.75, 3.05) is 0 Å². The largest absolute Gasteiger partial charge is 0.465 e. The molecule has 110 valence electrons. The zero-order valence-electron chi connectivity index (χ0n) is 12.3. The summed E-state index contributed by atoms with van der Waals surface area (Å²) in [4.78, 5) is 11.9. The molecule has 3 aromatic rings. The summed E-state index contributed by atoms with van der Waals surface area (Å²) < 4.78 is 5.15. The van der Waals surface area contributed by atoms with Crippen LogP contribution in [0, 0.1) is 0 Å². The number of hydrogen-bond acceptors (Lipinski definition) is 2. The van der Waals surface area contributed by atoms with Crippen LogP contribution in [-0.2, 0) is 4.79 Å². The number of carbonyl (C=O) groups is 1. The van der Waals surface area contributed by atoms with Gasteiger partial charge in [-0.3, -0.25) is 4.79 Å². The Morgan fingerprint density at radius 2 is 1.91 bits per heavy atom. The van der Waals surface area contributed by atoms with E-state index >= 15 is 0 Å². The van der Waals surface area contributed by atoms with Crippen LogP contribution in [0.3, 0.4) is 0 Å². The van der Waals surface area contributed by atoms with Crippen molar-refractivity contribution in [3.8, 4) is 0 Å². The van der Waals surface area contributed by atoms with Gasteiger partial charge in [0.15, 0.2) is 0 Å². The van der Waals surface area contributed by atoms with Crippen LogP contribution < -0.4 is 5.32 Å². The number of amides is 1. The van der Waals surface area contributed by atoms with Crippen LogP contribution in [0.5, 0.6) is 0 Å². The molecule has 0 saturated carbocycles. The maximum atomic E-state index is 11.9. The Labute approximate surface area is 129 Å². The van der Waals surface area contributed by atoms with Crippen LogP contribution in [-0.4, -0.2) is 5.91 Å². The van der Waals surface area contributed by atoms with Crippen molar-refractivity contribution < 1.29 is 9.21 Å². The molecule has 0 bridgehead atoms. The van der Waals surface area contributed by atoms with Gasteiger partial charge in [0.1, 0.15) is 5.76 Å². The highest BCUT2D eigenvalue weighted by molar-refractivity contribution is 5.91. The Hall–Kier alpha value is -2.81. The third-order valence-corrected chi connectivity index (χ3v) is 3.57. The predicted molar refractivity (Wildman–Crippen MR) is 88.2 cm³/mol. The summed E-state index contributed by atoms with van der Waals surface area (Å²) in [7, 11) is 0. The molecule has 0 saturated heterocycles. The Morgan fingerprint density at radius 1 is 1.09 bits per heavy atom. The summed E-state index contributed by atoms with van der Waals surface area (Å²) >= 11 is 0. The van der Waals surface area contributed by atoms with E-state index in [2.05, 4.69) is 29.6 Å². The summed E-state index contributed by atoms with van der Waals surface area (Å²) in [6.45, 7) is 1.97. The van der Waals surface area contributed by atoms with Crippen LogP contribution >= 0.6 is 0 Å². The lowest BCUT2D eigenvalue weighted by Gasteiger charge is -2.13. The standard InChI is InChI=1S/C19H17NO2/c1-14(20-19(21)11-10-18-7-4-12-22-18)16-9-8-15-5-2-3-6-17(15)13-16/h2-14H,1H3,(H,20,21)/b11-10+. The van der Waals surface area contributed by atoms with Crippen LogP contribution in [0.4, 0.5) is 0 Å². The average molecular weight is 291 g/mol. The second-order valence-electron chi connectivity index (χ2n) is 5.19. The maximum absolute atomic E-state index is 11.9. The van der Waals surface area contributed by atoms with Gasteiger partial charge in [0, 0.05) is 6.08 Å². The normalized spacial score (nSPS) is 12.6. The molecule has 3 rings (SSSR count). The number of carbonyl (C=O) groups excluding carboxylic acids is 1. The highest BCUT2D eigenvalue weighted by Gasteiger charge is 2.08. The van der Waals surface area contributed by atoms with E-state index < -0.39 is 0 Å². The van der Waals surface area contributed by atoms with E-state index in [9.17, 15) is 4.79 Å². The minimum atomic E-state index is -0.142. The molecule has 1 heterocycles. The number of nitrogens with one attached hydrogen (secondary N) is 1. The van der Waals surface area contributed by atoms with E-state index in [0.29, 0.717) is 5.76 Å². The monoisotopic (exact) mass is 291 g/mol. The molecule has 22 heavy (non-hydrogen) atoms. The van der Waals surface area contributed by atoms with Crippen molar-refractivity contribution in [1.82, 2.24) is 5.32 Å².